The zero-order chi connectivity index (χ0) is 16.6. The number of aromatic nitrogens is 2. The van der Waals surface area contributed by atoms with Crippen LogP contribution in [0, 0.1) is 10.5 Å². The van der Waals surface area contributed by atoms with Crippen LogP contribution in [-0.4, -0.2) is 21.0 Å². The highest BCUT2D eigenvalue weighted by atomic mass is 127. The molecule has 23 heavy (non-hydrogen) atoms. The first-order valence-corrected chi connectivity index (χ1v) is 8.54. The molecule has 0 amide bonds. The summed E-state index contributed by atoms with van der Waals surface area (Å²) in [4.78, 5) is 17.0. The van der Waals surface area contributed by atoms with Crippen LogP contribution in [0.4, 0.5) is 0 Å². The van der Waals surface area contributed by atoms with E-state index in [-0.39, 0.29) is 11.3 Å². The van der Waals surface area contributed by atoms with E-state index in [9.17, 15) is 9.90 Å². The molecule has 116 valence electrons. The molecule has 3 rings (SSSR count). The van der Waals surface area contributed by atoms with Crippen molar-refractivity contribution >= 4 is 55.6 Å². The summed E-state index contributed by atoms with van der Waals surface area (Å²) in [5.41, 5.74) is 1.20. The molecule has 0 fully saturated rings. The molecule has 1 aromatic heterocycles. The molecule has 0 aliphatic carbocycles. The molecule has 3 aromatic rings. The summed E-state index contributed by atoms with van der Waals surface area (Å²) in [6.45, 7) is 1.74. The Kier molecular flexibility index (Phi) is 4.49. The number of hydrogen-bond donors (Lipinski definition) is 1. The minimum absolute atomic E-state index is 0.216. The number of hydrogen-bond acceptors (Lipinski definition) is 4. The third kappa shape index (κ3) is 3.30. The molecule has 0 bridgehead atoms. The smallest absolute Gasteiger partial charge is 0.282 e. The minimum Gasteiger partial charge on any atom is -0.507 e. The number of halogens is 2. The summed E-state index contributed by atoms with van der Waals surface area (Å²) in [5.74, 6) is 0.725. The van der Waals surface area contributed by atoms with Crippen molar-refractivity contribution in [2.24, 2.45) is 5.10 Å². The molecular weight excluding hydrogens is 473 g/mol. The van der Waals surface area contributed by atoms with Crippen LogP contribution in [0.25, 0.3) is 10.9 Å². The number of rotatable bonds is 2. The first-order chi connectivity index (χ1) is 11.0. The van der Waals surface area contributed by atoms with Crippen LogP contribution in [0.2, 0.25) is 0 Å². The lowest BCUT2D eigenvalue weighted by Gasteiger charge is -2.06. The molecule has 0 aliphatic heterocycles. The van der Waals surface area contributed by atoms with E-state index < -0.39 is 0 Å². The third-order valence-electron chi connectivity index (χ3n) is 3.26. The highest BCUT2D eigenvalue weighted by Crippen LogP contribution is 2.19. The molecule has 0 aliphatic rings. The zero-order valence-electron chi connectivity index (χ0n) is 12.0. The molecule has 0 spiro atoms. The van der Waals surface area contributed by atoms with E-state index in [1.165, 1.54) is 4.68 Å². The van der Waals surface area contributed by atoms with E-state index in [0.717, 1.165) is 13.6 Å². The summed E-state index contributed by atoms with van der Waals surface area (Å²) in [7, 11) is 0. The van der Waals surface area contributed by atoms with Gasteiger partial charge >= 0.3 is 0 Å². The molecule has 0 atom stereocenters. The van der Waals surface area contributed by atoms with Crippen LogP contribution in [0.1, 0.15) is 11.4 Å². The van der Waals surface area contributed by atoms with Crippen LogP contribution in [0.5, 0.6) is 5.75 Å². The number of fused-ring (bicyclic) bond motifs is 1. The summed E-state index contributed by atoms with van der Waals surface area (Å²) in [5, 5.41) is 14.3. The Morgan fingerprint density at radius 1 is 1.30 bits per heavy atom. The second-order valence-corrected chi connectivity index (χ2v) is 6.97. The van der Waals surface area contributed by atoms with Crippen molar-refractivity contribution in [3.8, 4) is 5.75 Å². The van der Waals surface area contributed by atoms with Crippen molar-refractivity contribution in [1.29, 1.82) is 0 Å². The fourth-order valence-corrected chi connectivity index (χ4v) is 3.02. The molecule has 1 heterocycles. The van der Waals surface area contributed by atoms with E-state index in [1.807, 2.05) is 28.7 Å². The van der Waals surface area contributed by atoms with E-state index in [1.54, 1.807) is 43.5 Å². The van der Waals surface area contributed by atoms with Crippen LogP contribution < -0.4 is 5.56 Å². The van der Waals surface area contributed by atoms with E-state index in [2.05, 4.69) is 26.0 Å². The third-order valence-corrected chi connectivity index (χ3v) is 4.62. The second kappa shape index (κ2) is 6.40. The minimum atomic E-state index is -0.224. The Bertz CT molecular complexity index is 999. The van der Waals surface area contributed by atoms with Crippen molar-refractivity contribution in [2.75, 3.05) is 0 Å². The van der Waals surface area contributed by atoms with Crippen molar-refractivity contribution < 1.29 is 5.11 Å². The summed E-state index contributed by atoms with van der Waals surface area (Å²) in [6, 6.07) is 10.5. The number of aryl methyl sites for hydroxylation is 1. The maximum absolute atomic E-state index is 12.6. The van der Waals surface area contributed by atoms with Crippen LogP contribution >= 0.6 is 38.5 Å². The molecule has 5 nitrogen and oxygen atoms in total. The SMILES string of the molecule is Cc1nc2ccc(Br)cc2c(=O)n1N=Cc1ccc(O)c(I)c1. The lowest BCUT2D eigenvalue weighted by atomic mass is 10.2. The molecule has 0 saturated carbocycles. The largest absolute Gasteiger partial charge is 0.507 e. The zero-order valence-corrected chi connectivity index (χ0v) is 15.7. The summed E-state index contributed by atoms with van der Waals surface area (Å²) >= 11 is 5.40. The quantitative estimate of drug-likeness (QED) is 0.446. The standard InChI is InChI=1S/C16H11BrIN3O2/c1-9-20-14-4-3-11(17)7-12(14)16(23)21(9)19-8-10-2-5-15(22)13(18)6-10/h2-8,22H,1H3. The van der Waals surface area contributed by atoms with Gasteiger partial charge in [-0.25, -0.2) is 4.98 Å². The van der Waals surface area contributed by atoms with E-state index in [4.69, 9.17) is 0 Å². The maximum Gasteiger partial charge on any atom is 0.282 e. The molecule has 2 aromatic carbocycles. The summed E-state index contributed by atoms with van der Waals surface area (Å²) < 4.78 is 2.81. The van der Waals surface area contributed by atoms with Crippen LogP contribution in [0.3, 0.4) is 0 Å². The number of benzene rings is 2. The average Bonchev–Trinajstić information content (AvgIpc) is 2.51. The van der Waals surface area contributed by atoms with Gasteiger partial charge in [0, 0.05) is 4.47 Å². The first kappa shape index (κ1) is 16.1. The molecule has 7 heteroatoms. The van der Waals surface area contributed by atoms with E-state index in [0.29, 0.717) is 16.7 Å². The number of phenols is 1. The Morgan fingerprint density at radius 2 is 2.09 bits per heavy atom. The van der Waals surface area contributed by atoms with Gasteiger partial charge in [-0.3, -0.25) is 4.79 Å². The fourth-order valence-electron chi connectivity index (χ4n) is 2.12. The Labute approximate surface area is 153 Å². The number of nitrogens with zero attached hydrogens (tertiary/aromatic N) is 3. The predicted octanol–water partition coefficient (Wildman–Crippen LogP) is 3.66. The number of aromatic hydroxyl groups is 1. The van der Waals surface area contributed by atoms with Crippen molar-refractivity contribution in [1.82, 2.24) is 9.66 Å². The van der Waals surface area contributed by atoms with Gasteiger partial charge in [0.15, 0.2) is 0 Å². The molecule has 0 unspecified atom stereocenters. The Balaban J connectivity index is 2.10. The predicted molar refractivity (Wildman–Crippen MR) is 102 cm³/mol. The second-order valence-electron chi connectivity index (χ2n) is 4.89. The monoisotopic (exact) mass is 483 g/mol. The fraction of sp³-hybridized carbons (Fsp3) is 0.0625. The molecule has 1 N–H and O–H groups in total. The topological polar surface area (TPSA) is 67.5 Å². The maximum atomic E-state index is 12.6. The van der Waals surface area contributed by atoms with Crippen molar-refractivity contribution in [3.05, 3.63) is 66.2 Å². The average molecular weight is 484 g/mol. The first-order valence-electron chi connectivity index (χ1n) is 6.67. The highest BCUT2D eigenvalue weighted by molar-refractivity contribution is 14.1. The van der Waals surface area contributed by atoms with Crippen LogP contribution in [0.15, 0.2) is 50.8 Å². The van der Waals surface area contributed by atoms with Gasteiger partial charge in [-0.1, -0.05) is 15.9 Å². The van der Waals surface area contributed by atoms with Gasteiger partial charge in [0.05, 0.1) is 20.7 Å². The van der Waals surface area contributed by atoms with Gasteiger partial charge in [-0.15, -0.1) is 0 Å². The Hall–Kier alpha value is -1.74. The van der Waals surface area contributed by atoms with Gasteiger partial charge in [0.25, 0.3) is 5.56 Å². The van der Waals surface area contributed by atoms with Gasteiger partial charge < -0.3 is 5.11 Å². The Morgan fingerprint density at radius 3 is 2.83 bits per heavy atom. The normalized spacial score (nSPS) is 11.4. The highest BCUT2D eigenvalue weighted by Gasteiger charge is 2.07. The molecule has 0 saturated heterocycles. The van der Waals surface area contributed by atoms with Gasteiger partial charge in [0.2, 0.25) is 0 Å². The van der Waals surface area contributed by atoms with Gasteiger partial charge in [-0.2, -0.15) is 9.78 Å². The van der Waals surface area contributed by atoms with Gasteiger partial charge in [-0.05, 0) is 71.5 Å². The number of phenolic OH excluding ortho intramolecular Hbond substituents is 1. The van der Waals surface area contributed by atoms with Gasteiger partial charge in [0.1, 0.15) is 11.6 Å². The molecular formula is C16H11BrIN3O2. The van der Waals surface area contributed by atoms with Crippen LogP contribution in [-0.2, 0) is 0 Å². The lowest BCUT2D eigenvalue weighted by molar-refractivity contribution is 0.471. The van der Waals surface area contributed by atoms with E-state index >= 15 is 0 Å². The van der Waals surface area contributed by atoms with Crippen molar-refractivity contribution in [3.63, 3.8) is 0 Å². The van der Waals surface area contributed by atoms with Crippen molar-refractivity contribution in [2.45, 2.75) is 6.92 Å². The lowest BCUT2D eigenvalue weighted by Crippen LogP contribution is -2.20. The summed E-state index contributed by atoms with van der Waals surface area (Å²) in [6.07, 6.45) is 1.57. The molecule has 0 radical (unpaired) electrons.